The molecule has 0 N–H and O–H groups in total. The van der Waals surface area contributed by atoms with E-state index in [9.17, 15) is 0 Å². The Bertz CT molecular complexity index is 589. The average molecular weight is 346 g/mol. The van der Waals surface area contributed by atoms with Gasteiger partial charge in [-0.2, -0.15) is 0 Å². The molecule has 2 heterocycles. The summed E-state index contributed by atoms with van der Waals surface area (Å²) >= 11 is 0. The average Bonchev–Trinajstić information content (AvgIpc) is 2.64. The first-order valence-electron chi connectivity index (χ1n) is 9.18. The minimum atomic E-state index is -0.861. The lowest BCUT2D eigenvalue weighted by atomic mass is 9.83. The Balaban J connectivity index is 1.79. The Morgan fingerprint density at radius 2 is 1.92 bits per heavy atom. The number of methoxy groups -OCH3 is 1. The van der Waals surface area contributed by atoms with Gasteiger partial charge in [0.2, 0.25) is 5.79 Å². The van der Waals surface area contributed by atoms with Crippen LogP contribution < -0.4 is 0 Å². The highest BCUT2D eigenvalue weighted by Crippen LogP contribution is 2.49. The summed E-state index contributed by atoms with van der Waals surface area (Å²) < 4.78 is 24.8. The van der Waals surface area contributed by atoms with Gasteiger partial charge in [-0.1, -0.05) is 36.9 Å². The summed E-state index contributed by atoms with van der Waals surface area (Å²) in [4.78, 5) is 0. The first kappa shape index (κ1) is 18.6. The normalized spacial score (nSPS) is 30.6. The van der Waals surface area contributed by atoms with Crippen molar-refractivity contribution in [2.45, 2.75) is 69.7 Å². The zero-order chi connectivity index (χ0) is 18.0. The van der Waals surface area contributed by atoms with Crippen molar-refractivity contribution in [1.29, 1.82) is 0 Å². The van der Waals surface area contributed by atoms with Crippen molar-refractivity contribution in [1.82, 2.24) is 0 Å². The van der Waals surface area contributed by atoms with Gasteiger partial charge in [0.25, 0.3) is 0 Å². The third kappa shape index (κ3) is 3.54. The van der Waals surface area contributed by atoms with E-state index >= 15 is 0 Å². The maximum atomic E-state index is 6.55. The second kappa shape index (κ2) is 7.20. The second-order valence-electron chi connectivity index (χ2n) is 7.51. The third-order valence-electron chi connectivity index (χ3n) is 5.55. The SMILES string of the molecule is C=C1CC[C@@](OC)(C(C)(C)OCc2ccccc2)O[C@@]12CCCCO2. The quantitative estimate of drug-likeness (QED) is 0.731. The van der Waals surface area contributed by atoms with E-state index in [0.717, 1.165) is 36.8 Å². The van der Waals surface area contributed by atoms with Crippen LogP contribution in [-0.2, 0) is 25.6 Å². The summed E-state index contributed by atoms with van der Waals surface area (Å²) in [7, 11) is 1.69. The topological polar surface area (TPSA) is 36.9 Å². The third-order valence-corrected chi connectivity index (χ3v) is 5.55. The zero-order valence-electron chi connectivity index (χ0n) is 15.7. The van der Waals surface area contributed by atoms with Gasteiger partial charge >= 0.3 is 0 Å². The molecule has 1 aromatic rings. The highest BCUT2D eigenvalue weighted by molar-refractivity contribution is 5.17. The molecule has 0 amide bonds. The predicted molar refractivity (Wildman–Crippen MR) is 97.0 cm³/mol. The van der Waals surface area contributed by atoms with Gasteiger partial charge < -0.3 is 18.9 Å². The van der Waals surface area contributed by atoms with Crippen LogP contribution in [0.2, 0.25) is 0 Å². The van der Waals surface area contributed by atoms with Gasteiger partial charge in [-0.25, -0.2) is 0 Å². The smallest absolute Gasteiger partial charge is 0.200 e. The van der Waals surface area contributed by atoms with Crippen molar-refractivity contribution >= 4 is 0 Å². The lowest BCUT2D eigenvalue weighted by molar-refractivity contribution is -0.407. The molecule has 2 fully saturated rings. The van der Waals surface area contributed by atoms with Gasteiger partial charge in [0, 0.05) is 20.0 Å². The molecule has 1 aromatic carbocycles. The summed E-state index contributed by atoms with van der Waals surface area (Å²) in [5.41, 5.74) is 1.51. The number of rotatable bonds is 5. The molecule has 2 saturated heterocycles. The fourth-order valence-electron chi connectivity index (χ4n) is 3.79. The zero-order valence-corrected chi connectivity index (χ0v) is 15.7. The highest BCUT2D eigenvalue weighted by Gasteiger charge is 2.57. The molecule has 138 valence electrons. The van der Waals surface area contributed by atoms with Crippen LogP contribution in [0.1, 0.15) is 51.5 Å². The van der Waals surface area contributed by atoms with Crippen molar-refractivity contribution in [3.8, 4) is 0 Å². The van der Waals surface area contributed by atoms with E-state index in [1.54, 1.807) is 7.11 Å². The molecule has 0 aromatic heterocycles. The predicted octanol–water partition coefficient (Wildman–Crippen LogP) is 4.59. The van der Waals surface area contributed by atoms with Crippen LogP contribution in [0.5, 0.6) is 0 Å². The van der Waals surface area contributed by atoms with Crippen LogP contribution in [0.4, 0.5) is 0 Å². The van der Waals surface area contributed by atoms with E-state index in [1.807, 2.05) is 32.0 Å². The van der Waals surface area contributed by atoms with Gasteiger partial charge in [0.1, 0.15) is 5.60 Å². The number of benzene rings is 1. The molecule has 4 heteroatoms. The number of hydrogen-bond acceptors (Lipinski definition) is 4. The molecule has 3 rings (SSSR count). The van der Waals surface area contributed by atoms with Crippen LogP contribution in [-0.4, -0.2) is 30.9 Å². The number of hydrogen-bond donors (Lipinski definition) is 0. The summed E-state index contributed by atoms with van der Waals surface area (Å²) in [5.74, 6) is -1.60. The Morgan fingerprint density at radius 3 is 2.56 bits per heavy atom. The highest BCUT2D eigenvalue weighted by atomic mass is 16.8. The van der Waals surface area contributed by atoms with Crippen LogP contribution in [0.15, 0.2) is 42.5 Å². The summed E-state index contributed by atoms with van der Waals surface area (Å²) in [6.07, 6.45) is 4.48. The van der Waals surface area contributed by atoms with E-state index < -0.39 is 17.2 Å². The van der Waals surface area contributed by atoms with Gasteiger partial charge in [0.05, 0.1) is 13.2 Å². The Kier molecular flexibility index (Phi) is 5.35. The second-order valence-corrected chi connectivity index (χ2v) is 7.51. The van der Waals surface area contributed by atoms with E-state index in [4.69, 9.17) is 18.9 Å². The van der Waals surface area contributed by atoms with Gasteiger partial charge in [-0.05, 0) is 44.2 Å². The largest absolute Gasteiger partial charge is 0.365 e. The lowest BCUT2D eigenvalue weighted by Gasteiger charge is -2.54. The molecule has 0 radical (unpaired) electrons. The molecule has 25 heavy (non-hydrogen) atoms. The van der Waals surface area contributed by atoms with Gasteiger partial charge in [-0.3, -0.25) is 0 Å². The Morgan fingerprint density at radius 1 is 1.16 bits per heavy atom. The summed E-state index contributed by atoms with van der Waals surface area (Å²) in [6, 6.07) is 10.2. The Hall–Kier alpha value is -1.20. The van der Waals surface area contributed by atoms with E-state index in [1.165, 1.54) is 0 Å². The fourth-order valence-corrected chi connectivity index (χ4v) is 3.79. The van der Waals surface area contributed by atoms with Crippen LogP contribution in [0.3, 0.4) is 0 Å². The van der Waals surface area contributed by atoms with Crippen molar-refractivity contribution < 1.29 is 18.9 Å². The van der Waals surface area contributed by atoms with Gasteiger partial charge in [-0.15, -0.1) is 0 Å². The molecule has 4 nitrogen and oxygen atoms in total. The molecule has 0 aliphatic carbocycles. The van der Waals surface area contributed by atoms with Crippen molar-refractivity contribution in [2.75, 3.05) is 13.7 Å². The van der Waals surface area contributed by atoms with Crippen molar-refractivity contribution in [2.24, 2.45) is 0 Å². The van der Waals surface area contributed by atoms with Gasteiger partial charge in [0.15, 0.2) is 5.79 Å². The monoisotopic (exact) mass is 346 g/mol. The van der Waals surface area contributed by atoms with Crippen LogP contribution in [0, 0.1) is 0 Å². The molecule has 0 bridgehead atoms. The minimum Gasteiger partial charge on any atom is -0.365 e. The van der Waals surface area contributed by atoms with E-state index in [2.05, 4.69) is 18.7 Å². The van der Waals surface area contributed by atoms with Crippen molar-refractivity contribution in [3.63, 3.8) is 0 Å². The minimum absolute atomic E-state index is 0.511. The summed E-state index contributed by atoms with van der Waals surface area (Å²) in [6.45, 7) is 9.49. The maximum absolute atomic E-state index is 6.55. The van der Waals surface area contributed by atoms with E-state index in [-0.39, 0.29) is 0 Å². The lowest BCUT2D eigenvalue weighted by Crippen LogP contribution is -2.63. The fraction of sp³-hybridized carbons (Fsp3) is 0.619. The first-order valence-corrected chi connectivity index (χ1v) is 9.18. The van der Waals surface area contributed by atoms with Crippen LogP contribution in [0.25, 0.3) is 0 Å². The summed E-state index contributed by atoms with van der Waals surface area (Å²) in [5, 5.41) is 0. The Labute approximate surface area is 151 Å². The first-order chi connectivity index (χ1) is 11.9. The van der Waals surface area contributed by atoms with E-state index in [0.29, 0.717) is 19.6 Å². The molecule has 0 saturated carbocycles. The molecule has 1 spiro atoms. The molecular weight excluding hydrogens is 316 g/mol. The molecule has 2 aliphatic heterocycles. The van der Waals surface area contributed by atoms with Crippen LogP contribution >= 0.6 is 0 Å². The standard InChI is InChI=1S/C21H30O4/c1-17-12-14-21(22-4,25-20(17)13-8-9-15-23-20)19(2,3)24-16-18-10-6-5-7-11-18/h5-7,10-11H,1,8-9,12-16H2,2-4H3/t20-,21-/m0/s1. The molecular formula is C21H30O4. The number of ether oxygens (including phenoxy) is 4. The molecule has 0 unspecified atom stereocenters. The molecule has 2 atom stereocenters. The van der Waals surface area contributed by atoms with Crippen molar-refractivity contribution in [3.05, 3.63) is 48.0 Å². The maximum Gasteiger partial charge on any atom is 0.200 e. The molecule has 2 aliphatic rings.